The summed E-state index contributed by atoms with van der Waals surface area (Å²) in [5.74, 6) is -0.344. The predicted molar refractivity (Wildman–Crippen MR) is 85.3 cm³/mol. The van der Waals surface area contributed by atoms with Crippen LogP contribution in [0.4, 0.5) is 14.7 Å². The number of nitrogens with one attached hydrogen (secondary N) is 2. The van der Waals surface area contributed by atoms with Crippen LogP contribution >= 0.6 is 0 Å². The number of fused-ring (bicyclic) bond motifs is 2. The fraction of sp³-hybridized carbons (Fsp3) is 0.250. The summed E-state index contributed by atoms with van der Waals surface area (Å²) < 4.78 is 34.9. The van der Waals surface area contributed by atoms with Crippen molar-refractivity contribution in [2.45, 2.75) is 18.8 Å². The third-order valence-electron chi connectivity index (χ3n) is 3.98. The van der Waals surface area contributed by atoms with Gasteiger partial charge in [0, 0.05) is 30.5 Å². The predicted octanol–water partition coefficient (Wildman–Crippen LogP) is 2.28. The summed E-state index contributed by atoms with van der Waals surface area (Å²) >= 11 is 0. The number of allylic oxidation sites excluding steroid dienone is 2. The van der Waals surface area contributed by atoms with Crippen LogP contribution in [0.2, 0.25) is 0 Å². The number of imidazole rings is 1. The normalized spacial score (nSPS) is 23.2. The van der Waals surface area contributed by atoms with Crippen molar-refractivity contribution in [2.75, 3.05) is 5.32 Å². The van der Waals surface area contributed by atoms with E-state index in [1.54, 1.807) is 0 Å². The van der Waals surface area contributed by atoms with Crippen molar-refractivity contribution in [1.29, 1.82) is 0 Å². The molecule has 0 saturated carbocycles. The van der Waals surface area contributed by atoms with E-state index in [1.807, 2.05) is 24.3 Å². The Morgan fingerprint density at radius 1 is 1.28 bits per heavy atom. The van der Waals surface area contributed by atoms with E-state index < -0.39 is 6.29 Å². The molecule has 0 spiro atoms. The van der Waals surface area contributed by atoms with Gasteiger partial charge in [0.25, 0.3) is 0 Å². The zero-order chi connectivity index (χ0) is 17.6. The topological polar surface area (TPSA) is 102 Å². The Hall–Kier alpha value is -2.94. The number of ether oxygens (including phenoxy) is 2. The number of carbonyl (C=O) groups excluding carboxylic acids is 1. The molecule has 130 valence electrons. The van der Waals surface area contributed by atoms with Gasteiger partial charge in [0.2, 0.25) is 11.9 Å². The highest BCUT2D eigenvalue weighted by molar-refractivity contribution is 5.92. The zero-order valence-electron chi connectivity index (χ0n) is 12.8. The SMILES string of the molecule is NC1C=CC=CC1CC(=O)Nc1nc2cc3c(cc2[nH]1)OC(F)(F)O3. The third kappa shape index (κ3) is 3.05. The van der Waals surface area contributed by atoms with Crippen molar-refractivity contribution < 1.29 is 23.0 Å². The minimum absolute atomic E-state index is 0.0934. The van der Waals surface area contributed by atoms with Gasteiger partial charge in [0.05, 0.1) is 11.0 Å². The minimum atomic E-state index is -3.68. The number of aromatic amines is 1. The van der Waals surface area contributed by atoms with Gasteiger partial charge in [0.15, 0.2) is 11.5 Å². The molecule has 25 heavy (non-hydrogen) atoms. The molecule has 1 aliphatic carbocycles. The largest absolute Gasteiger partial charge is 0.586 e. The molecular weight excluding hydrogens is 334 g/mol. The molecule has 2 aliphatic rings. The molecule has 0 radical (unpaired) electrons. The molecule has 4 rings (SSSR count). The molecule has 0 saturated heterocycles. The van der Waals surface area contributed by atoms with E-state index >= 15 is 0 Å². The van der Waals surface area contributed by atoms with Gasteiger partial charge >= 0.3 is 6.29 Å². The maximum Gasteiger partial charge on any atom is 0.586 e. The van der Waals surface area contributed by atoms with Crippen LogP contribution in [0.5, 0.6) is 11.5 Å². The third-order valence-corrected chi connectivity index (χ3v) is 3.98. The fourth-order valence-corrected chi connectivity index (χ4v) is 2.78. The van der Waals surface area contributed by atoms with E-state index in [0.29, 0.717) is 11.0 Å². The molecule has 1 aromatic heterocycles. The van der Waals surface area contributed by atoms with Crippen molar-refractivity contribution in [3.63, 3.8) is 0 Å². The first-order valence-electron chi connectivity index (χ1n) is 7.60. The van der Waals surface area contributed by atoms with Gasteiger partial charge in [0.1, 0.15) is 0 Å². The highest BCUT2D eigenvalue weighted by atomic mass is 19.3. The number of halogens is 2. The standard InChI is InChI=1S/C16H14F2N4O3/c17-16(18)24-12-6-10-11(7-13(12)25-16)21-15(20-10)22-14(23)5-8-3-1-2-4-9(8)19/h1-4,6-9H,5,19H2,(H2,20,21,22,23). The van der Waals surface area contributed by atoms with Crippen LogP contribution in [0, 0.1) is 5.92 Å². The van der Waals surface area contributed by atoms with E-state index in [0.717, 1.165) is 0 Å². The van der Waals surface area contributed by atoms with Crippen molar-refractivity contribution >= 4 is 22.9 Å². The summed E-state index contributed by atoms with van der Waals surface area (Å²) in [7, 11) is 0. The number of benzene rings is 1. The van der Waals surface area contributed by atoms with Crippen LogP contribution in [0.3, 0.4) is 0 Å². The first-order chi connectivity index (χ1) is 11.9. The maximum absolute atomic E-state index is 13.0. The fourth-order valence-electron chi connectivity index (χ4n) is 2.78. The van der Waals surface area contributed by atoms with Crippen LogP contribution in [0.15, 0.2) is 36.4 Å². The second-order valence-electron chi connectivity index (χ2n) is 5.83. The number of H-pyrrole nitrogens is 1. The maximum atomic E-state index is 13.0. The molecule has 2 aromatic rings. The molecule has 2 heterocycles. The quantitative estimate of drug-likeness (QED) is 0.790. The van der Waals surface area contributed by atoms with E-state index in [9.17, 15) is 13.6 Å². The van der Waals surface area contributed by atoms with Crippen molar-refractivity contribution in [1.82, 2.24) is 9.97 Å². The van der Waals surface area contributed by atoms with Crippen LogP contribution in [-0.4, -0.2) is 28.2 Å². The van der Waals surface area contributed by atoms with Gasteiger partial charge in [-0.2, -0.15) is 0 Å². The lowest BCUT2D eigenvalue weighted by Crippen LogP contribution is -2.31. The number of amides is 1. The van der Waals surface area contributed by atoms with Crippen LogP contribution < -0.4 is 20.5 Å². The Morgan fingerprint density at radius 3 is 2.76 bits per heavy atom. The summed E-state index contributed by atoms with van der Waals surface area (Å²) in [6.45, 7) is 0. The highest BCUT2D eigenvalue weighted by Crippen LogP contribution is 2.42. The molecule has 2 atom stereocenters. The van der Waals surface area contributed by atoms with E-state index in [-0.39, 0.29) is 41.7 Å². The second-order valence-corrected chi connectivity index (χ2v) is 5.83. The van der Waals surface area contributed by atoms with E-state index in [4.69, 9.17) is 5.73 Å². The molecule has 0 fully saturated rings. The Morgan fingerprint density at radius 2 is 2.00 bits per heavy atom. The summed E-state index contributed by atoms with van der Waals surface area (Å²) in [6.07, 6.45) is 3.91. The van der Waals surface area contributed by atoms with Gasteiger partial charge < -0.3 is 20.2 Å². The number of hydrogen-bond acceptors (Lipinski definition) is 5. The molecule has 0 bridgehead atoms. The lowest BCUT2D eigenvalue weighted by Gasteiger charge is -2.19. The Bertz CT molecular complexity index is 861. The molecule has 2 unspecified atom stereocenters. The van der Waals surface area contributed by atoms with Crippen molar-refractivity contribution in [3.8, 4) is 11.5 Å². The van der Waals surface area contributed by atoms with Crippen LogP contribution in [0.1, 0.15) is 6.42 Å². The zero-order valence-corrected chi connectivity index (χ0v) is 12.8. The number of carbonyl (C=O) groups is 1. The number of rotatable bonds is 3. The number of alkyl halides is 2. The number of nitrogens with two attached hydrogens (primary N) is 1. The van der Waals surface area contributed by atoms with Crippen LogP contribution in [-0.2, 0) is 4.79 Å². The van der Waals surface area contributed by atoms with E-state index in [1.165, 1.54) is 12.1 Å². The summed E-state index contributed by atoms with van der Waals surface area (Å²) in [4.78, 5) is 19.2. The van der Waals surface area contributed by atoms with Gasteiger partial charge in [-0.25, -0.2) is 4.98 Å². The molecule has 1 aliphatic heterocycles. The van der Waals surface area contributed by atoms with Crippen molar-refractivity contribution in [2.24, 2.45) is 11.7 Å². The Balaban J connectivity index is 1.48. The second kappa shape index (κ2) is 5.55. The lowest BCUT2D eigenvalue weighted by atomic mass is 9.92. The minimum Gasteiger partial charge on any atom is -0.395 e. The monoisotopic (exact) mass is 348 g/mol. The Kier molecular flexibility index (Phi) is 3.46. The number of nitrogens with zero attached hydrogens (tertiary/aromatic N) is 1. The van der Waals surface area contributed by atoms with Gasteiger partial charge in [-0.1, -0.05) is 24.3 Å². The summed E-state index contributed by atoms with van der Waals surface area (Å²) in [6, 6.07) is 2.45. The average molecular weight is 348 g/mol. The molecule has 4 N–H and O–H groups in total. The lowest BCUT2D eigenvalue weighted by molar-refractivity contribution is -0.286. The van der Waals surface area contributed by atoms with Crippen molar-refractivity contribution in [3.05, 3.63) is 36.4 Å². The average Bonchev–Trinajstić information content (AvgIpc) is 3.03. The smallest absolute Gasteiger partial charge is 0.395 e. The summed E-state index contributed by atoms with van der Waals surface area (Å²) in [5, 5.41) is 2.64. The van der Waals surface area contributed by atoms with Gasteiger partial charge in [-0.3, -0.25) is 10.1 Å². The summed E-state index contributed by atoms with van der Waals surface area (Å²) in [5.41, 5.74) is 6.73. The highest BCUT2D eigenvalue weighted by Gasteiger charge is 2.43. The van der Waals surface area contributed by atoms with E-state index in [2.05, 4.69) is 24.8 Å². The molecular formula is C16H14F2N4O3. The number of aromatic nitrogens is 2. The molecule has 9 heteroatoms. The Labute approximate surface area is 140 Å². The van der Waals surface area contributed by atoms with Crippen LogP contribution in [0.25, 0.3) is 11.0 Å². The number of hydrogen-bond donors (Lipinski definition) is 3. The molecule has 1 aromatic carbocycles. The number of anilines is 1. The first kappa shape index (κ1) is 15.6. The van der Waals surface area contributed by atoms with Gasteiger partial charge in [-0.05, 0) is 0 Å². The molecule has 7 nitrogen and oxygen atoms in total. The first-order valence-corrected chi connectivity index (χ1v) is 7.60. The molecule has 1 amide bonds. The van der Waals surface area contributed by atoms with Gasteiger partial charge in [-0.15, -0.1) is 8.78 Å².